The maximum Gasteiger partial charge on any atom is 0.255 e. The molecule has 7 nitrogen and oxygen atoms in total. The van der Waals surface area contributed by atoms with Crippen molar-refractivity contribution >= 4 is 11.6 Å². The molecule has 2 rings (SSSR count). The molecule has 0 aliphatic rings. The summed E-state index contributed by atoms with van der Waals surface area (Å²) in [4.78, 5) is 12.7. The van der Waals surface area contributed by atoms with Gasteiger partial charge in [-0.2, -0.15) is 0 Å². The third kappa shape index (κ3) is 4.75. The second-order valence-electron chi connectivity index (χ2n) is 5.90. The zero-order valence-electron chi connectivity index (χ0n) is 16.4. The summed E-state index contributed by atoms with van der Waals surface area (Å²) < 4.78 is 26.9. The number of methoxy groups -OCH3 is 4. The molecule has 0 atom stereocenters. The van der Waals surface area contributed by atoms with E-state index in [2.05, 4.69) is 5.32 Å². The molecule has 0 saturated heterocycles. The Labute approximate surface area is 159 Å². The van der Waals surface area contributed by atoms with Crippen molar-refractivity contribution in [2.45, 2.75) is 20.0 Å². The molecular formula is C20H25NO6. The Morgan fingerprint density at radius 3 is 1.89 bits per heavy atom. The minimum Gasteiger partial charge on any atom is -0.493 e. The van der Waals surface area contributed by atoms with Crippen LogP contribution in [0.3, 0.4) is 0 Å². The van der Waals surface area contributed by atoms with E-state index in [1.807, 2.05) is 13.8 Å². The second kappa shape index (κ2) is 9.02. The van der Waals surface area contributed by atoms with E-state index in [0.717, 1.165) is 0 Å². The number of anilines is 1. The lowest BCUT2D eigenvalue weighted by Gasteiger charge is -2.16. The first-order valence-corrected chi connectivity index (χ1v) is 8.39. The molecule has 0 fully saturated rings. The SMILES string of the molecule is COc1cc(NC(=O)c2cc(OC)c(OC)c(OC)c2)ccc1OC(C)C. The number of amides is 1. The fraction of sp³-hybridized carbons (Fsp3) is 0.350. The third-order valence-corrected chi connectivity index (χ3v) is 3.71. The van der Waals surface area contributed by atoms with Gasteiger partial charge in [0.15, 0.2) is 23.0 Å². The Bertz CT molecular complexity index is 778. The third-order valence-electron chi connectivity index (χ3n) is 3.71. The van der Waals surface area contributed by atoms with Crippen LogP contribution in [-0.4, -0.2) is 40.5 Å². The van der Waals surface area contributed by atoms with Crippen molar-refractivity contribution in [1.29, 1.82) is 0 Å². The van der Waals surface area contributed by atoms with E-state index in [1.54, 1.807) is 37.4 Å². The molecule has 0 spiro atoms. The number of carbonyl (C=O) groups is 1. The first kappa shape index (κ1) is 20.2. The average Bonchev–Trinajstić information content (AvgIpc) is 2.67. The van der Waals surface area contributed by atoms with Gasteiger partial charge in [-0.1, -0.05) is 0 Å². The smallest absolute Gasteiger partial charge is 0.255 e. The van der Waals surface area contributed by atoms with Gasteiger partial charge in [0.2, 0.25) is 5.75 Å². The summed E-state index contributed by atoms with van der Waals surface area (Å²) in [7, 11) is 6.05. The molecule has 0 aliphatic carbocycles. The molecule has 27 heavy (non-hydrogen) atoms. The fourth-order valence-corrected chi connectivity index (χ4v) is 2.51. The van der Waals surface area contributed by atoms with Gasteiger partial charge >= 0.3 is 0 Å². The van der Waals surface area contributed by atoms with E-state index in [1.165, 1.54) is 21.3 Å². The van der Waals surface area contributed by atoms with E-state index in [0.29, 0.717) is 40.0 Å². The summed E-state index contributed by atoms with van der Waals surface area (Å²) in [5, 5.41) is 2.83. The van der Waals surface area contributed by atoms with Crippen LogP contribution in [0.25, 0.3) is 0 Å². The monoisotopic (exact) mass is 375 g/mol. The van der Waals surface area contributed by atoms with Crippen molar-refractivity contribution in [3.8, 4) is 28.7 Å². The minimum absolute atomic E-state index is 0.0126. The van der Waals surface area contributed by atoms with Crippen molar-refractivity contribution in [2.75, 3.05) is 33.8 Å². The first-order chi connectivity index (χ1) is 12.9. The summed E-state index contributed by atoms with van der Waals surface area (Å²) in [6.45, 7) is 3.86. The molecule has 0 aromatic heterocycles. The van der Waals surface area contributed by atoms with Crippen LogP contribution < -0.4 is 29.0 Å². The molecule has 0 saturated carbocycles. The van der Waals surface area contributed by atoms with Crippen LogP contribution in [0.15, 0.2) is 30.3 Å². The Kier molecular flexibility index (Phi) is 6.76. The van der Waals surface area contributed by atoms with Gasteiger partial charge in [0, 0.05) is 17.3 Å². The van der Waals surface area contributed by atoms with Crippen LogP contribution >= 0.6 is 0 Å². The normalized spacial score (nSPS) is 10.3. The molecule has 2 aromatic carbocycles. The molecule has 146 valence electrons. The largest absolute Gasteiger partial charge is 0.493 e. The zero-order chi connectivity index (χ0) is 20.0. The lowest BCUT2D eigenvalue weighted by atomic mass is 10.1. The van der Waals surface area contributed by atoms with Crippen LogP contribution in [0.5, 0.6) is 28.7 Å². The van der Waals surface area contributed by atoms with Crippen LogP contribution in [-0.2, 0) is 0 Å². The van der Waals surface area contributed by atoms with Gasteiger partial charge in [0.05, 0.1) is 34.5 Å². The predicted molar refractivity (Wildman–Crippen MR) is 103 cm³/mol. The van der Waals surface area contributed by atoms with Crippen LogP contribution in [0.1, 0.15) is 24.2 Å². The lowest BCUT2D eigenvalue weighted by Crippen LogP contribution is -2.13. The van der Waals surface area contributed by atoms with Crippen LogP contribution in [0, 0.1) is 0 Å². The summed E-state index contributed by atoms with van der Waals surface area (Å²) in [6, 6.07) is 8.38. The molecule has 7 heteroatoms. The highest BCUT2D eigenvalue weighted by Gasteiger charge is 2.17. The van der Waals surface area contributed by atoms with Crippen molar-refractivity contribution in [2.24, 2.45) is 0 Å². The van der Waals surface area contributed by atoms with Gasteiger partial charge in [0.25, 0.3) is 5.91 Å². The van der Waals surface area contributed by atoms with Gasteiger partial charge in [-0.3, -0.25) is 4.79 Å². The summed E-state index contributed by atoms with van der Waals surface area (Å²) >= 11 is 0. The summed E-state index contributed by atoms with van der Waals surface area (Å²) in [6.07, 6.45) is 0.0126. The van der Waals surface area contributed by atoms with E-state index in [4.69, 9.17) is 23.7 Å². The number of carbonyl (C=O) groups excluding carboxylic acids is 1. The number of ether oxygens (including phenoxy) is 5. The molecule has 0 bridgehead atoms. The molecule has 0 heterocycles. The highest BCUT2D eigenvalue weighted by atomic mass is 16.5. The van der Waals surface area contributed by atoms with Crippen LogP contribution in [0.4, 0.5) is 5.69 Å². The minimum atomic E-state index is -0.325. The zero-order valence-corrected chi connectivity index (χ0v) is 16.4. The Morgan fingerprint density at radius 2 is 1.41 bits per heavy atom. The fourth-order valence-electron chi connectivity index (χ4n) is 2.51. The molecule has 0 unspecified atom stereocenters. The van der Waals surface area contributed by atoms with E-state index in [9.17, 15) is 4.79 Å². The molecule has 2 aromatic rings. The highest BCUT2D eigenvalue weighted by Crippen LogP contribution is 2.38. The van der Waals surface area contributed by atoms with E-state index >= 15 is 0 Å². The maximum atomic E-state index is 12.7. The quantitative estimate of drug-likeness (QED) is 0.757. The topological polar surface area (TPSA) is 75.3 Å². The van der Waals surface area contributed by atoms with E-state index < -0.39 is 0 Å². The molecule has 1 amide bonds. The Morgan fingerprint density at radius 1 is 0.815 bits per heavy atom. The lowest BCUT2D eigenvalue weighted by molar-refractivity contribution is 0.102. The molecule has 1 N–H and O–H groups in total. The van der Waals surface area contributed by atoms with Gasteiger partial charge in [-0.05, 0) is 38.1 Å². The Balaban J connectivity index is 2.29. The van der Waals surface area contributed by atoms with Crippen molar-refractivity contribution < 1.29 is 28.5 Å². The highest BCUT2D eigenvalue weighted by molar-refractivity contribution is 6.05. The van der Waals surface area contributed by atoms with Crippen molar-refractivity contribution in [3.63, 3.8) is 0 Å². The van der Waals surface area contributed by atoms with Gasteiger partial charge in [-0.15, -0.1) is 0 Å². The molecule has 0 radical (unpaired) electrons. The second-order valence-corrected chi connectivity index (χ2v) is 5.90. The molecular weight excluding hydrogens is 350 g/mol. The number of nitrogens with one attached hydrogen (secondary N) is 1. The van der Waals surface area contributed by atoms with E-state index in [-0.39, 0.29) is 12.0 Å². The average molecular weight is 375 g/mol. The number of hydrogen-bond donors (Lipinski definition) is 1. The standard InChI is InChI=1S/C20H25NO6/c1-12(2)27-15-8-7-14(11-16(15)23-3)21-20(22)13-9-17(24-4)19(26-6)18(10-13)25-5/h7-12H,1-6H3,(H,21,22). The number of benzene rings is 2. The number of hydrogen-bond acceptors (Lipinski definition) is 6. The van der Waals surface area contributed by atoms with Crippen molar-refractivity contribution in [1.82, 2.24) is 0 Å². The summed E-state index contributed by atoms with van der Waals surface area (Å²) in [5.74, 6) is 2.05. The van der Waals surface area contributed by atoms with Crippen LogP contribution in [0.2, 0.25) is 0 Å². The van der Waals surface area contributed by atoms with Crippen molar-refractivity contribution in [3.05, 3.63) is 35.9 Å². The summed E-state index contributed by atoms with van der Waals surface area (Å²) in [5.41, 5.74) is 0.938. The molecule has 0 aliphatic heterocycles. The Hall–Kier alpha value is -3.09. The first-order valence-electron chi connectivity index (χ1n) is 8.39. The van der Waals surface area contributed by atoms with Gasteiger partial charge in [-0.25, -0.2) is 0 Å². The predicted octanol–water partition coefficient (Wildman–Crippen LogP) is 3.76. The van der Waals surface area contributed by atoms with Gasteiger partial charge < -0.3 is 29.0 Å². The van der Waals surface area contributed by atoms with Gasteiger partial charge in [0.1, 0.15) is 0 Å². The number of rotatable bonds is 8. The maximum absolute atomic E-state index is 12.7.